The highest BCUT2D eigenvalue weighted by Crippen LogP contribution is 2.52. The van der Waals surface area contributed by atoms with Crippen LogP contribution in [0.2, 0.25) is 0 Å². The number of anilines is 6. The zero-order valence-corrected chi connectivity index (χ0v) is 43.5. The van der Waals surface area contributed by atoms with Crippen LogP contribution in [0.5, 0.6) is 0 Å². The van der Waals surface area contributed by atoms with Gasteiger partial charge in [-0.15, -0.1) is 34.0 Å². The van der Waals surface area contributed by atoms with Gasteiger partial charge in [0, 0.05) is 68.9 Å². The first-order chi connectivity index (χ1) is 32.4. The van der Waals surface area contributed by atoms with Crippen molar-refractivity contribution in [2.45, 2.75) is 92.4 Å². The fraction of sp³-hybridized carbons (Fsp3) is 0.226. The molecule has 0 spiro atoms. The van der Waals surface area contributed by atoms with Gasteiger partial charge in [-0.25, -0.2) is 0 Å². The summed E-state index contributed by atoms with van der Waals surface area (Å²) in [5.74, 6) is 0. The van der Waals surface area contributed by atoms with Crippen molar-refractivity contribution in [2.24, 2.45) is 0 Å². The van der Waals surface area contributed by atoms with E-state index in [1.54, 1.807) is 0 Å². The molecule has 0 saturated carbocycles. The lowest BCUT2D eigenvalue weighted by atomic mass is 9.36. The van der Waals surface area contributed by atoms with Crippen LogP contribution in [-0.2, 0) is 16.2 Å². The van der Waals surface area contributed by atoms with Crippen LogP contribution in [0.25, 0.3) is 52.5 Å². The summed E-state index contributed by atoms with van der Waals surface area (Å²) >= 11 is 5.66. The molecule has 0 atom stereocenters. The molecule has 5 heterocycles. The van der Waals surface area contributed by atoms with Gasteiger partial charge in [0.2, 0.25) is 0 Å². The number of fused-ring (bicyclic) bond motifs is 8. The van der Waals surface area contributed by atoms with Gasteiger partial charge in [0.25, 0.3) is 6.71 Å². The zero-order valence-electron chi connectivity index (χ0n) is 41.1. The Morgan fingerprint density at radius 2 is 0.985 bits per heavy atom. The van der Waals surface area contributed by atoms with Crippen LogP contribution < -0.4 is 25.5 Å². The van der Waals surface area contributed by atoms with Gasteiger partial charge >= 0.3 is 0 Å². The molecule has 2 aliphatic heterocycles. The Balaban J connectivity index is 1.18. The van der Waals surface area contributed by atoms with Crippen LogP contribution in [0, 0.1) is 13.8 Å². The number of thiophene rings is 3. The third kappa shape index (κ3) is 6.77. The van der Waals surface area contributed by atoms with Gasteiger partial charge in [0.1, 0.15) is 0 Å². The van der Waals surface area contributed by atoms with Crippen molar-refractivity contribution >= 4 is 121 Å². The average Bonchev–Trinajstić information content (AvgIpc) is 4.04. The van der Waals surface area contributed by atoms with Crippen LogP contribution in [0.4, 0.5) is 34.1 Å². The molecule has 68 heavy (non-hydrogen) atoms. The summed E-state index contributed by atoms with van der Waals surface area (Å²) in [6.45, 7) is 25.9. The number of aryl methyl sites for hydroxylation is 2. The van der Waals surface area contributed by atoms with Gasteiger partial charge < -0.3 is 9.80 Å². The summed E-state index contributed by atoms with van der Waals surface area (Å²) in [5, 5.41) is 8.65. The molecule has 12 rings (SSSR count). The molecular weight excluding hydrogens is 880 g/mol. The van der Waals surface area contributed by atoms with Crippen molar-refractivity contribution in [2.75, 3.05) is 9.80 Å². The largest absolute Gasteiger partial charge is 0.311 e. The van der Waals surface area contributed by atoms with E-state index in [1.807, 2.05) is 34.0 Å². The fourth-order valence-electron chi connectivity index (χ4n) is 11.0. The lowest BCUT2D eigenvalue weighted by molar-refractivity contribution is 0.589. The van der Waals surface area contributed by atoms with Crippen LogP contribution in [0.1, 0.15) is 90.1 Å². The highest BCUT2D eigenvalue weighted by molar-refractivity contribution is 7.33. The van der Waals surface area contributed by atoms with Crippen LogP contribution in [0.3, 0.4) is 0 Å². The quantitative estimate of drug-likeness (QED) is 0.162. The topological polar surface area (TPSA) is 6.48 Å². The Morgan fingerprint density at radius 3 is 1.59 bits per heavy atom. The number of hydrogen-bond acceptors (Lipinski definition) is 5. The first kappa shape index (κ1) is 43.4. The van der Waals surface area contributed by atoms with E-state index in [2.05, 4.69) is 230 Å². The molecular formula is C62H57BN2S3. The predicted molar refractivity (Wildman–Crippen MR) is 303 cm³/mol. The Kier molecular flexibility index (Phi) is 9.75. The van der Waals surface area contributed by atoms with Gasteiger partial charge in [0.15, 0.2) is 0 Å². The molecule has 336 valence electrons. The molecule has 2 aliphatic rings. The number of nitrogens with zero attached hydrogens (tertiary/aromatic N) is 2. The Bertz CT molecular complexity index is 3650. The van der Waals surface area contributed by atoms with Crippen molar-refractivity contribution in [3.8, 4) is 22.3 Å². The van der Waals surface area contributed by atoms with E-state index in [1.165, 1.54) is 130 Å². The molecule has 0 bridgehead atoms. The molecule has 0 unspecified atom stereocenters. The van der Waals surface area contributed by atoms with Crippen molar-refractivity contribution in [1.29, 1.82) is 0 Å². The van der Waals surface area contributed by atoms with E-state index in [0.717, 1.165) is 0 Å². The van der Waals surface area contributed by atoms with Crippen molar-refractivity contribution in [3.05, 3.63) is 172 Å². The smallest absolute Gasteiger partial charge is 0.264 e. The Morgan fingerprint density at radius 1 is 0.441 bits per heavy atom. The molecule has 0 fully saturated rings. The highest BCUT2D eigenvalue weighted by Gasteiger charge is 2.47. The molecule has 0 radical (unpaired) electrons. The maximum absolute atomic E-state index is 2.71. The van der Waals surface area contributed by atoms with Gasteiger partial charge in [-0.05, 0) is 145 Å². The van der Waals surface area contributed by atoms with Gasteiger partial charge in [-0.1, -0.05) is 141 Å². The van der Waals surface area contributed by atoms with Crippen LogP contribution in [-0.4, -0.2) is 6.71 Å². The SMILES string of the molecule is Cc1cc(C(C)(C)C)cc(C)c1N1c2cc(C(C)(C)C)cc3c2B(c2cc(-c4csc5ccccc45)ccc2N3c2ccc(-c3csc4ccccc34)cc2)c2sc3ccc(C(C)(C)C)cc3c21. The molecule has 0 amide bonds. The van der Waals surface area contributed by atoms with E-state index in [4.69, 9.17) is 0 Å². The van der Waals surface area contributed by atoms with Gasteiger partial charge in [0.05, 0.1) is 11.4 Å². The summed E-state index contributed by atoms with van der Waals surface area (Å²) < 4.78 is 5.39. The maximum atomic E-state index is 2.71. The second-order valence-corrected chi connectivity index (χ2v) is 25.3. The van der Waals surface area contributed by atoms with Crippen molar-refractivity contribution < 1.29 is 0 Å². The minimum absolute atomic E-state index is 0.00456. The van der Waals surface area contributed by atoms with Crippen molar-refractivity contribution in [1.82, 2.24) is 0 Å². The second kappa shape index (κ2) is 15.3. The molecule has 0 aliphatic carbocycles. The van der Waals surface area contributed by atoms with Crippen LogP contribution >= 0.6 is 34.0 Å². The average molecular weight is 937 g/mol. The highest BCUT2D eigenvalue weighted by atomic mass is 32.1. The molecule has 6 heteroatoms. The van der Waals surface area contributed by atoms with E-state index in [0.29, 0.717) is 0 Å². The third-order valence-corrected chi connectivity index (χ3v) is 17.8. The summed E-state index contributed by atoms with van der Waals surface area (Å²) in [6.07, 6.45) is 0. The number of rotatable bonds is 4. The lowest BCUT2D eigenvalue weighted by Crippen LogP contribution is -2.60. The van der Waals surface area contributed by atoms with Crippen molar-refractivity contribution in [3.63, 3.8) is 0 Å². The molecule has 3 aromatic heterocycles. The normalized spacial score (nSPS) is 13.7. The maximum Gasteiger partial charge on any atom is 0.264 e. The Hall–Kier alpha value is -5.92. The van der Waals surface area contributed by atoms with Gasteiger partial charge in [-0.3, -0.25) is 0 Å². The molecule has 10 aromatic rings. The lowest BCUT2D eigenvalue weighted by Gasteiger charge is -2.45. The van der Waals surface area contributed by atoms with E-state index >= 15 is 0 Å². The Labute approximate surface area is 414 Å². The summed E-state index contributed by atoms with van der Waals surface area (Å²) in [6, 6.07) is 51.8. The first-order valence-corrected chi connectivity index (χ1v) is 26.7. The van der Waals surface area contributed by atoms with E-state index in [9.17, 15) is 0 Å². The standard InChI is InChI=1S/C62H57BN2S3/c1-36-28-41(61(6,7)8)29-37(2)57(36)65-52-33-42(62(9,10)11)32-51-56(52)63(59-58(65)46-31-40(60(3,4)5)23-27-55(46)68-59)49-30-39(48-35-67-54-19-15-13-17-45(48)54)22-26-50(49)64(51)43-24-20-38(21-25-43)47-34-66-53-18-14-12-16-44(47)53/h12-35H,1-11H3. The van der Waals surface area contributed by atoms with Gasteiger partial charge in [-0.2, -0.15) is 0 Å². The van der Waals surface area contributed by atoms with Crippen LogP contribution in [0.15, 0.2) is 144 Å². The zero-order chi connectivity index (χ0) is 47.2. The summed E-state index contributed by atoms with van der Waals surface area (Å²) in [5.41, 5.74) is 22.0. The predicted octanol–water partition coefficient (Wildman–Crippen LogP) is 17.3. The number of benzene rings is 7. The monoisotopic (exact) mass is 936 g/mol. The minimum atomic E-state index is -0.122. The molecule has 0 saturated heterocycles. The third-order valence-electron chi connectivity index (χ3n) is 14.7. The summed E-state index contributed by atoms with van der Waals surface area (Å²) in [4.78, 5) is 5.31. The minimum Gasteiger partial charge on any atom is -0.311 e. The second-order valence-electron chi connectivity index (χ2n) is 22.4. The first-order valence-electron chi connectivity index (χ1n) is 24.1. The van der Waals surface area contributed by atoms with E-state index in [-0.39, 0.29) is 23.0 Å². The molecule has 2 nitrogen and oxygen atoms in total. The van der Waals surface area contributed by atoms with E-state index < -0.39 is 0 Å². The number of hydrogen-bond donors (Lipinski definition) is 0. The summed E-state index contributed by atoms with van der Waals surface area (Å²) in [7, 11) is 0. The molecule has 0 N–H and O–H groups in total. The fourth-order valence-corrected chi connectivity index (χ4v) is 14.2. The molecule has 7 aromatic carbocycles.